The Labute approximate surface area is 748 Å². The van der Waals surface area contributed by atoms with Crippen LogP contribution in [0.25, 0.3) is 221 Å². The van der Waals surface area contributed by atoms with Gasteiger partial charge in [0.1, 0.15) is 18.2 Å². The van der Waals surface area contributed by atoms with E-state index >= 15 is 0 Å². The van der Waals surface area contributed by atoms with Crippen LogP contribution < -0.4 is 0 Å². The van der Waals surface area contributed by atoms with Gasteiger partial charge in [-0.3, -0.25) is 0 Å². The number of nitrogens with zero attached hydrogens (tertiary/aromatic N) is 6. The Hall–Kier alpha value is -15.8. The molecule has 0 aliphatic rings. The Morgan fingerprint density at radius 3 is 0.833 bits per heavy atom. The van der Waals surface area contributed by atoms with E-state index in [2.05, 4.69) is 315 Å². The molecule has 0 aliphatic carbocycles. The molecule has 0 unspecified atom stereocenters. The summed E-state index contributed by atoms with van der Waals surface area (Å²) < 4.78 is 14.8. The minimum atomic E-state index is 0.404. The molecule has 0 saturated carbocycles. The second-order valence-corrected chi connectivity index (χ2v) is 37.5. The van der Waals surface area contributed by atoms with Gasteiger partial charge in [0.15, 0.2) is 0 Å². The molecule has 0 amide bonds. The fourth-order valence-corrected chi connectivity index (χ4v) is 24.6. The minimum Gasteiger partial charge on any atom is -0.192 e. The Kier molecular flexibility index (Phi) is 19.3. The van der Waals surface area contributed by atoms with Crippen LogP contribution in [-0.2, 0) is 0 Å². The molecule has 0 bridgehead atoms. The molecule has 6 nitrogen and oxygen atoms in total. The predicted octanol–water partition coefficient (Wildman–Crippen LogP) is 33.5. The smallest absolute Gasteiger partial charge is 0.101 e. The van der Waals surface area contributed by atoms with Gasteiger partial charge in [0.25, 0.3) is 0 Å². The lowest BCUT2D eigenvalue weighted by molar-refractivity contribution is 1.42. The Morgan fingerprint density at radius 2 is 0.444 bits per heavy atom. The largest absolute Gasteiger partial charge is 0.192 e. The summed E-state index contributed by atoms with van der Waals surface area (Å²) in [6.07, 6.45) is 0. The molecule has 0 spiro atoms. The number of hydrogen-bond donors (Lipinski definition) is 0. The third-order valence-corrected chi connectivity index (χ3v) is 30.8. The van der Waals surface area contributed by atoms with Crippen molar-refractivity contribution in [2.75, 3.05) is 0 Å². The van der Waals surface area contributed by atoms with Crippen molar-refractivity contribution < 1.29 is 0 Å². The molecule has 126 heavy (non-hydrogen) atoms. The quantitative estimate of drug-likeness (QED) is 0.141. The second kappa shape index (κ2) is 31.9. The first-order chi connectivity index (χ1) is 62.2. The van der Waals surface area contributed by atoms with Crippen LogP contribution in [0.3, 0.4) is 0 Å². The van der Waals surface area contributed by atoms with Gasteiger partial charge in [0, 0.05) is 154 Å². The highest BCUT2D eigenvalue weighted by molar-refractivity contribution is 7.28. The summed E-state index contributed by atoms with van der Waals surface area (Å²) in [6, 6.07) is 140. The average Bonchev–Trinajstić information content (AvgIpc) is 1.24. The van der Waals surface area contributed by atoms with Gasteiger partial charge in [-0.25, -0.2) is 0 Å². The van der Waals surface area contributed by atoms with Gasteiger partial charge < -0.3 is 0 Å². The molecule has 6 aromatic heterocycles. The van der Waals surface area contributed by atoms with Gasteiger partial charge in [-0.1, -0.05) is 218 Å². The van der Waals surface area contributed by atoms with Crippen LogP contribution in [0.5, 0.6) is 0 Å². The Bertz CT molecular complexity index is 8720. The number of thiophene rings is 6. The van der Waals surface area contributed by atoms with Crippen molar-refractivity contribution in [1.29, 1.82) is 31.6 Å². The van der Waals surface area contributed by atoms with Gasteiger partial charge in [-0.05, 0) is 212 Å². The van der Waals surface area contributed by atoms with Crippen LogP contribution >= 0.6 is 68.0 Å². The zero-order valence-corrected chi connectivity index (χ0v) is 71.7. The molecule has 0 aliphatic heterocycles. The van der Waals surface area contributed by atoms with Gasteiger partial charge in [0.2, 0.25) is 0 Å². The normalized spacial score (nSPS) is 11.3. The molecule has 12 heteroatoms. The van der Waals surface area contributed by atoms with Crippen molar-refractivity contribution in [3.63, 3.8) is 0 Å². The zero-order valence-electron chi connectivity index (χ0n) is 66.8. The molecule has 0 atom stereocenters. The van der Waals surface area contributed by atoms with Gasteiger partial charge >= 0.3 is 0 Å². The third-order valence-electron chi connectivity index (χ3n) is 23.9. The van der Waals surface area contributed by atoms with E-state index in [1.165, 1.54) is 99.5 Å². The molecule has 24 rings (SSSR count). The van der Waals surface area contributed by atoms with Crippen LogP contribution in [0.2, 0.25) is 0 Å². The van der Waals surface area contributed by atoms with E-state index in [0.29, 0.717) is 33.4 Å². The summed E-state index contributed by atoms with van der Waals surface area (Å²) in [4.78, 5) is 0. The van der Waals surface area contributed by atoms with Crippen LogP contribution in [0.15, 0.2) is 364 Å². The van der Waals surface area contributed by atoms with E-state index < -0.39 is 0 Å². The van der Waals surface area contributed by atoms with E-state index in [-0.39, 0.29) is 0 Å². The summed E-state index contributed by atoms with van der Waals surface area (Å²) in [6.45, 7) is 0. The molecule has 582 valence electrons. The first-order valence-electron chi connectivity index (χ1n) is 40.9. The topological polar surface area (TPSA) is 143 Å². The van der Waals surface area contributed by atoms with Crippen LogP contribution in [0.4, 0.5) is 0 Å². The Balaban J connectivity index is 0.000000112. The second-order valence-electron chi connectivity index (χ2n) is 31.0. The zero-order chi connectivity index (χ0) is 84.6. The minimum absolute atomic E-state index is 0.404. The van der Waals surface area contributed by atoms with E-state index in [4.69, 9.17) is 0 Å². The number of rotatable bonds is 9. The van der Waals surface area contributed by atoms with Crippen LogP contribution in [-0.4, -0.2) is 0 Å². The van der Waals surface area contributed by atoms with Gasteiger partial charge in [0.05, 0.1) is 51.6 Å². The molecule has 0 saturated heterocycles. The molecule has 0 radical (unpaired) electrons. The van der Waals surface area contributed by atoms with Crippen molar-refractivity contribution in [3.05, 3.63) is 397 Å². The number of nitriles is 6. The lowest BCUT2D eigenvalue weighted by Gasteiger charge is -2.18. The van der Waals surface area contributed by atoms with Crippen molar-refractivity contribution in [3.8, 4) is 137 Å². The fraction of sp³-hybridized carbons (Fsp3) is 0. The highest BCUT2D eigenvalue weighted by Gasteiger charge is 2.27. The number of fused-ring (bicyclic) bond motifs is 18. The first-order valence-corrected chi connectivity index (χ1v) is 45.8. The standard InChI is InChI=1S/3C38H20N2S2/c39-21-23-9-11-24(12-10-23)31-20-27(25-13-15-36-32(18-25)29-5-1-3-7-34(29)41-36)17-28(22-40)38(31)26-14-16-37-33(19-26)30-6-2-4-8-35(30)42-37;39-21-26-20-29(24-14-16-35-30(18-24)27-10-4-6-12-33(27)41-35)32(22-40)38(23-8-2-1-3-9-23)37(26)25-15-17-36-31(19-25)28-11-5-7-13-34(28)42-36;39-21-32-28(24-14-16-36-30(18-24)26-10-4-6-12-34(26)41-36)20-29(23-8-2-1-3-9-23)38(33(32)22-40)25-15-17-37-31(19-25)27-11-5-7-13-35(27)42-37/h3*1-20H. The first kappa shape index (κ1) is 76.4. The van der Waals surface area contributed by atoms with E-state index in [9.17, 15) is 31.6 Å². The summed E-state index contributed by atoms with van der Waals surface area (Å²) in [5.74, 6) is 0. The molecule has 0 fully saturated rings. The van der Waals surface area contributed by atoms with Crippen LogP contribution in [0, 0.1) is 68.0 Å². The monoisotopic (exact) mass is 1700 g/mol. The van der Waals surface area contributed by atoms with Crippen molar-refractivity contribution in [1.82, 2.24) is 0 Å². The summed E-state index contributed by atoms with van der Waals surface area (Å²) in [5.41, 5.74) is 19.6. The maximum atomic E-state index is 10.8. The molecular formula is C114H60N6S6. The summed E-state index contributed by atoms with van der Waals surface area (Å²) >= 11 is 10.7. The maximum Gasteiger partial charge on any atom is 0.101 e. The number of hydrogen-bond acceptors (Lipinski definition) is 12. The molecule has 24 aromatic rings. The molecule has 6 heterocycles. The van der Waals surface area contributed by atoms with Gasteiger partial charge in [-0.2, -0.15) is 31.6 Å². The summed E-state index contributed by atoms with van der Waals surface area (Å²) in [7, 11) is 0. The SMILES string of the molecule is N#Cc1c(-c2ccc3sc4ccccc4c3c2)cc(-c2ccccc2)c(-c2ccc3sc4ccccc4c3c2)c1C#N.N#Cc1cc(-c2ccc3sc4ccccc4c3c2)c(C#N)c(-c2ccccc2)c1-c1ccc2sc3ccccc3c2c1.N#Cc1ccc(-c2cc(-c3ccc4sc5ccccc5c4c3)cc(C#N)c2-c2ccc3sc4ccccc4c3c2)cc1. The third kappa shape index (κ3) is 13.3. The average molecular weight is 1710 g/mol. The Morgan fingerprint density at radius 1 is 0.151 bits per heavy atom. The molecular weight excluding hydrogens is 1650 g/mol. The van der Waals surface area contributed by atoms with Crippen molar-refractivity contribution in [2.45, 2.75) is 0 Å². The maximum absolute atomic E-state index is 10.8. The molecule has 0 N–H and O–H groups in total. The summed E-state index contributed by atoms with van der Waals surface area (Å²) in [5, 5.41) is 76.9. The lowest BCUT2D eigenvalue weighted by Crippen LogP contribution is -1.98. The van der Waals surface area contributed by atoms with E-state index in [1.807, 2.05) is 84.9 Å². The van der Waals surface area contributed by atoms with Crippen LogP contribution in [0.1, 0.15) is 33.4 Å². The highest BCUT2D eigenvalue weighted by atomic mass is 32.1. The molecule has 18 aromatic carbocycles. The fourth-order valence-electron chi connectivity index (χ4n) is 18.1. The van der Waals surface area contributed by atoms with Gasteiger partial charge in [-0.15, -0.1) is 68.0 Å². The van der Waals surface area contributed by atoms with Crippen molar-refractivity contribution in [2.24, 2.45) is 0 Å². The van der Waals surface area contributed by atoms with E-state index in [0.717, 1.165) is 122 Å². The lowest BCUT2D eigenvalue weighted by atomic mass is 9.83. The predicted molar refractivity (Wildman–Crippen MR) is 534 cm³/mol. The number of benzene rings is 18. The van der Waals surface area contributed by atoms with E-state index in [1.54, 1.807) is 68.0 Å². The highest BCUT2D eigenvalue weighted by Crippen LogP contribution is 2.51. The van der Waals surface area contributed by atoms with Crippen molar-refractivity contribution >= 4 is 189 Å².